The Morgan fingerprint density at radius 2 is 1.33 bits per heavy atom. The lowest BCUT2D eigenvalue weighted by molar-refractivity contribution is -0.140. The molecule has 5 aliphatic rings. The summed E-state index contributed by atoms with van der Waals surface area (Å²) in [6, 6.07) is -2.58. The molecule has 10 N–H and O–H groups in total. The van der Waals surface area contributed by atoms with Crippen LogP contribution in [0, 0.1) is 58.7 Å². The number of unbranched alkanes of at least 4 members (excludes halogenated alkanes) is 5. The topological polar surface area (TPSA) is 391 Å². The van der Waals surface area contributed by atoms with Crippen LogP contribution in [0.1, 0.15) is 228 Å². The smallest absolute Gasteiger partial charge is 0.471 e. The third-order valence-electron chi connectivity index (χ3n) is 21.7. The molecular formula is C74H125N8O20P. The lowest BCUT2D eigenvalue weighted by atomic mass is 9.48. The maximum absolute atomic E-state index is 14.3. The zero-order chi connectivity index (χ0) is 75.3. The average molecular weight is 1480 g/mol. The van der Waals surface area contributed by atoms with Crippen LogP contribution in [0.4, 0.5) is 4.79 Å². The maximum atomic E-state index is 14.3. The van der Waals surface area contributed by atoms with Gasteiger partial charge in [0.25, 0.3) is 0 Å². The first-order valence-corrected chi connectivity index (χ1v) is 39.7. The SMILES string of the molecule is COP(=O)(O)OCCCCCCNC(=O)CCCCCN1C=C(C[C@H](NC(=O)[C@H](CCC(=O)O)CC(=O)[C@H](CCC(=O)O)NC(=O)CCNC(=O)CCNC(=O)O[C@H]2CCC3C(=CC[C@H]4C3CC(C)C3(C)C(C(C)CCCC(C)C)CCC43)C2)C(=O)CCCOCCOCCOCCC(C)=O)NN1. The maximum Gasteiger partial charge on any atom is 0.471 e. The Morgan fingerprint density at radius 1 is 0.660 bits per heavy atom. The highest BCUT2D eigenvalue weighted by atomic mass is 31.2. The zero-order valence-electron chi connectivity index (χ0n) is 62.5. The van der Waals surface area contributed by atoms with E-state index < -0.39 is 86.6 Å². The second-order valence-electron chi connectivity index (χ2n) is 29.7. The number of allylic oxidation sites excluding steroid dienone is 1. The number of aliphatic carboxylic acids is 2. The van der Waals surface area contributed by atoms with Gasteiger partial charge >= 0.3 is 25.9 Å². The molecule has 0 saturated heterocycles. The Bertz CT molecular complexity index is 2830. The molecule has 0 spiro atoms. The number of alkyl carbamates (subject to hydrolysis) is 1. The fraction of sp³-hybridized carbons (Fsp3) is 0.811. The summed E-state index contributed by atoms with van der Waals surface area (Å²) in [4.78, 5) is 138. The molecule has 4 aliphatic carbocycles. The Kier molecular flexibility index (Phi) is 40.0. The van der Waals surface area contributed by atoms with Crippen LogP contribution in [0.5, 0.6) is 0 Å². The largest absolute Gasteiger partial charge is 0.481 e. The minimum absolute atomic E-state index is 0.0162. The minimum Gasteiger partial charge on any atom is -0.481 e. The number of carboxylic acids is 2. The summed E-state index contributed by atoms with van der Waals surface area (Å²) in [6.07, 6.45) is 17.8. The van der Waals surface area contributed by atoms with Crippen molar-refractivity contribution in [1.29, 1.82) is 0 Å². The quantitative estimate of drug-likeness (QED) is 0.0154. The highest BCUT2D eigenvalue weighted by Gasteiger charge is 2.59. The fourth-order valence-electron chi connectivity index (χ4n) is 16.0. The van der Waals surface area contributed by atoms with E-state index >= 15 is 0 Å². The summed E-state index contributed by atoms with van der Waals surface area (Å²) in [5.41, 5.74) is 8.37. The summed E-state index contributed by atoms with van der Waals surface area (Å²) in [7, 11) is -2.89. The summed E-state index contributed by atoms with van der Waals surface area (Å²) in [5, 5.41) is 34.6. The molecule has 0 radical (unpaired) electrons. The zero-order valence-corrected chi connectivity index (χ0v) is 63.4. The van der Waals surface area contributed by atoms with Gasteiger partial charge in [0.1, 0.15) is 11.9 Å². The van der Waals surface area contributed by atoms with E-state index in [1.54, 1.807) is 11.2 Å². The second kappa shape index (κ2) is 46.9. The highest BCUT2D eigenvalue weighted by Crippen LogP contribution is 2.67. The van der Waals surface area contributed by atoms with E-state index in [9.17, 15) is 67.6 Å². The molecule has 3 fully saturated rings. The molecule has 1 aliphatic heterocycles. The molecule has 5 rings (SSSR count). The van der Waals surface area contributed by atoms with Gasteiger partial charge in [-0.1, -0.05) is 84.8 Å². The van der Waals surface area contributed by atoms with Gasteiger partial charge in [-0.3, -0.25) is 57.2 Å². The Labute approximate surface area is 610 Å². The van der Waals surface area contributed by atoms with Crippen LogP contribution >= 0.6 is 7.82 Å². The Balaban J connectivity index is 1.07. The number of phosphoric acid groups is 1. The molecular weight excluding hydrogens is 1350 g/mol. The van der Waals surface area contributed by atoms with Crippen molar-refractivity contribution in [1.82, 2.24) is 42.6 Å². The monoisotopic (exact) mass is 1480 g/mol. The number of hydrogen-bond acceptors (Lipinski definition) is 20. The van der Waals surface area contributed by atoms with Crippen LogP contribution in [-0.4, -0.2) is 177 Å². The van der Waals surface area contributed by atoms with Gasteiger partial charge in [0, 0.05) is 122 Å². The van der Waals surface area contributed by atoms with Crippen molar-refractivity contribution in [3.8, 4) is 0 Å². The van der Waals surface area contributed by atoms with E-state index in [1.807, 2.05) is 0 Å². The third-order valence-corrected chi connectivity index (χ3v) is 22.6. The van der Waals surface area contributed by atoms with Crippen LogP contribution in [0.15, 0.2) is 23.5 Å². The number of carbonyl (C=O) groups excluding carboxylic acids is 8. The van der Waals surface area contributed by atoms with Crippen molar-refractivity contribution >= 4 is 66.8 Å². The van der Waals surface area contributed by atoms with Crippen molar-refractivity contribution in [2.45, 2.75) is 246 Å². The number of carboxylic acid groups (broad SMARTS) is 2. The van der Waals surface area contributed by atoms with Gasteiger partial charge in [0.15, 0.2) is 11.6 Å². The number of carbonyl (C=O) groups is 10. The molecule has 103 heavy (non-hydrogen) atoms. The van der Waals surface area contributed by atoms with E-state index in [-0.39, 0.29) is 108 Å². The molecule has 29 heteroatoms. The van der Waals surface area contributed by atoms with Crippen LogP contribution in [-0.2, 0) is 75.7 Å². The van der Waals surface area contributed by atoms with Gasteiger partial charge in [0.2, 0.25) is 23.6 Å². The average Bonchev–Trinajstić information content (AvgIpc) is 1.63. The number of rotatable bonds is 55. The molecule has 5 amide bonds. The van der Waals surface area contributed by atoms with E-state index in [1.165, 1.54) is 51.0 Å². The van der Waals surface area contributed by atoms with Gasteiger partial charge < -0.3 is 66.1 Å². The number of ether oxygens (including phenoxy) is 4. The van der Waals surface area contributed by atoms with Crippen molar-refractivity contribution in [3.05, 3.63) is 23.5 Å². The minimum atomic E-state index is -3.99. The molecule has 0 aromatic carbocycles. The molecule has 0 aromatic heterocycles. The second-order valence-corrected chi connectivity index (χ2v) is 31.3. The highest BCUT2D eigenvalue weighted by molar-refractivity contribution is 7.47. The number of nitrogens with one attached hydrogen (secondary N) is 7. The first kappa shape index (κ1) is 87.8. The molecule has 3 saturated carbocycles. The summed E-state index contributed by atoms with van der Waals surface area (Å²) in [5.74, 6) is -1.43. The van der Waals surface area contributed by atoms with Crippen molar-refractivity contribution in [2.24, 2.45) is 58.7 Å². The van der Waals surface area contributed by atoms with Crippen LogP contribution in [0.3, 0.4) is 0 Å². The molecule has 0 bridgehead atoms. The molecule has 13 atom stereocenters. The number of amides is 5. The van der Waals surface area contributed by atoms with Crippen LogP contribution in [0.2, 0.25) is 0 Å². The molecule has 28 nitrogen and oxygen atoms in total. The number of phosphoric ester groups is 1. The van der Waals surface area contributed by atoms with Gasteiger partial charge in [-0.25, -0.2) is 9.36 Å². The van der Waals surface area contributed by atoms with Crippen LogP contribution in [0.25, 0.3) is 0 Å². The Morgan fingerprint density at radius 3 is 2.05 bits per heavy atom. The number of hydrazine groups is 2. The predicted molar refractivity (Wildman–Crippen MR) is 385 cm³/mol. The van der Waals surface area contributed by atoms with E-state index in [0.29, 0.717) is 99.8 Å². The van der Waals surface area contributed by atoms with Crippen molar-refractivity contribution < 1.29 is 95.6 Å². The van der Waals surface area contributed by atoms with E-state index in [0.717, 1.165) is 82.1 Å². The summed E-state index contributed by atoms with van der Waals surface area (Å²) >= 11 is 0. The third kappa shape index (κ3) is 32.4. The van der Waals surface area contributed by atoms with E-state index in [2.05, 4.69) is 82.8 Å². The molecule has 586 valence electrons. The van der Waals surface area contributed by atoms with Crippen LogP contribution < -0.4 is 37.5 Å². The fourth-order valence-corrected chi connectivity index (χ4v) is 16.5. The summed E-state index contributed by atoms with van der Waals surface area (Å²) in [6.45, 7) is 16.3. The standard InChI is InChI=1S/C74H125N8O20P/c1-50(2)17-15-18-51(3)61-26-27-62-59-24-21-54-46-57(23-25-58(54)60(59)45-52(4)74(61,62)6)102-73(94)77-36-31-68(87)76-35-32-69(88)78-63(28-30-71(91)92)66(85)47-55(22-29-70(89)90)72(93)79-64(65(84)19-16-38-98-41-43-100-44-42-99-40-33-53(5)83)48-56-49-82(81-80-56)37-13-10-11-20-67(86)75-34-12-8-9-14-39-101-103(95,96)97-7/h21,49-52,55,57-64,80-81H,8-20,22-48H2,1-7H3,(H,75,86)(H,76,87)(H,77,94)(H,78,88)(H,79,93)(H,89,90)(H,91,92)(H,95,96)/t51?,52?,55-,57+,58?,59+,60?,61?,62?,63+,64+,74?/m1/s1. The first-order chi connectivity index (χ1) is 49.2. The molecule has 8 unspecified atom stereocenters. The normalized spacial score (nSPS) is 23.0. The number of Topliss-reactive ketones (excluding diaryl/α,β-unsaturated/α-hetero) is 3. The number of hydrogen-bond donors (Lipinski definition) is 10. The first-order valence-electron chi connectivity index (χ1n) is 38.2. The van der Waals surface area contributed by atoms with Gasteiger partial charge in [-0.05, 0) is 143 Å². The number of fused-ring (bicyclic) bond motifs is 5. The van der Waals surface area contributed by atoms with Gasteiger partial charge in [0.05, 0.1) is 51.7 Å². The van der Waals surface area contributed by atoms with E-state index in [4.69, 9.17) is 23.5 Å². The molecule has 0 aromatic rings. The van der Waals surface area contributed by atoms with Crippen molar-refractivity contribution in [3.63, 3.8) is 0 Å². The number of ketones is 3. The van der Waals surface area contributed by atoms with Crippen molar-refractivity contribution in [2.75, 3.05) is 79.5 Å². The Hall–Kier alpha value is -5.87. The summed E-state index contributed by atoms with van der Waals surface area (Å²) < 4.78 is 43.0. The molecule has 1 heterocycles. The van der Waals surface area contributed by atoms with Gasteiger partial charge in [-0.2, -0.15) is 0 Å². The van der Waals surface area contributed by atoms with Gasteiger partial charge in [-0.15, -0.1) is 5.53 Å². The lowest BCUT2D eigenvalue weighted by Crippen LogP contribution is -2.51. The number of nitrogens with zero attached hydrogens (tertiary/aromatic N) is 1. The predicted octanol–water partition coefficient (Wildman–Crippen LogP) is 9.08. The lowest BCUT2D eigenvalue weighted by Gasteiger charge is -2.57.